The van der Waals surface area contributed by atoms with Crippen molar-refractivity contribution in [1.82, 2.24) is 20.4 Å². The van der Waals surface area contributed by atoms with Crippen LogP contribution < -0.4 is 10.6 Å². The number of hydrogen-bond donors (Lipinski definition) is 2. The Morgan fingerprint density at radius 3 is 1.07 bits per heavy atom. The number of esters is 2. The molecule has 1 unspecified atom stereocenters. The number of ether oxygens (including phenoxy) is 2. The van der Waals surface area contributed by atoms with Crippen LogP contribution in [0.1, 0.15) is 47.9 Å². The van der Waals surface area contributed by atoms with Gasteiger partial charge in [-0.05, 0) is 47.9 Å². The molecular weight excluding hydrogens is 737 g/mol. The van der Waals surface area contributed by atoms with Crippen LogP contribution in [0.3, 0.4) is 0 Å². The van der Waals surface area contributed by atoms with E-state index in [-0.39, 0.29) is 51.4 Å². The molecule has 0 spiro atoms. The first-order valence-electron chi connectivity index (χ1n) is 19.6. The van der Waals surface area contributed by atoms with Crippen molar-refractivity contribution < 1.29 is 38.2 Å². The molecule has 12 heteroatoms. The number of methoxy groups -OCH3 is 2. The van der Waals surface area contributed by atoms with Gasteiger partial charge in [-0.15, -0.1) is 0 Å². The summed E-state index contributed by atoms with van der Waals surface area (Å²) < 4.78 is 10.1. The number of nitrogens with one attached hydrogen (secondary N) is 2. The van der Waals surface area contributed by atoms with E-state index in [0.717, 1.165) is 22.3 Å². The highest BCUT2D eigenvalue weighted by molar-refractivity contribution is 5.87. The zero-order valence-corrected chi connectivity index (χ0v) is 33.1. The number of nitrogens with zero attached hydrogens (tertiary/aromatic N) is 2. The van der Waals surface area contributed by atoms with Gasteiger partial charge in [0.05, 0.1) is 14.2 Å². The molecule has 0 radical (unpaired) electrons. The predicted molar refractivity (Wildman–Crippen MR) is 218 cm³/mol. The topological polar surface area (TPSA) is 151 Å². The fourth-order valence-corrected chi connectivity index (χ4v) is 7.41. The van der Waals surface area contributed by atoms with Crippen LogP contribution >= 0.6 is 0 Å². The fourth-order valence-electron chi connectivity index (χ4n) is 7.41. The van der Waals surface area contributed by atoms with Crippen molar-refractivity contribution in [3.05, 3.63) is 144 Å². The molecule has 4 amide bonds. The average Bonchev–Trinajstić information content (AvgIpc) is 3.22. The highest BCUT2D eigenvalue weighted by Gasteiger charge is 2.35. The lowest BCUT2D eigenvalue weighted by molar-refractivity contribution is -0.150. The molecule has 1 aliphatic heterocycles. The minimum atomic E-state index is -0.797. The monoisotopic (exact) mass is 788 g/mol. The van der Waals surface area contributed by atoms with Gasteiger partial charge in [0.25, 0.3) is 0 Å². The van der Waals surface area contributed by atoms with Crippen molar-refractivity contribution in [2.24, 2.45) is 0 Å². The quantitative estimate of drug-likeness (QED) is 0.203. The molecule has 2 N–H and O–H groups in total. The van der Waals surface area contributed by atoms with Crippen LogP contribution in [0.4, 0.5) is 0 Å². The maximum absolute atomic E-state index is 14.6. The molecule has 12 nitrogen and oxygen atoms in total. The van der Waals surface area contributed by atoms with E-state index in [4.69, 9.17) is 9.47 Å². The maximum Gasteiger partial charge on any atom is 0.325 e. The Balaban J connectivity index is 1.59. The van der Waals surface area contributed by atoms with Crippen molar-refractivity contribution in [3.63, 3.8) is 0 Å². The summed E-state index contributed by atoms with van der Waals surface area (Å²) in [7, 11) is 2.47. The molecule has 304 valence electrons. The average molecular weight is 789 g/mol. The van der Waals surface area contributed by atoms with Crippen molar-refractivity contribution in [3.8, 4) is 0 Å². The second-order valence-electron chi connectivity index (χ2n) is 14.6. The third kappa shape index (κ3) is 13.4. The highest BCUT2D eigenvalue weighted by atomic mass is 16.5. The van der Waals surface area contributed by atoms with E-state index in [1.807, 2.05) is 121 Å². The molecule has 4 aromatic carbocycles. The van der Waals surface area contributed by atoms with Gasteiger partial charge in [-0.3, -0.25) is 28.8 Å². The van der Waals surface area contributed by atoms with Gasteiger partial charge < -0.3 is 29.9 Å². The number of benzene rings is 4. The smallest absolute Gasteiger partial charge is 0.325 e. The molecule has 0 aromatic heterocycles. The summed E-state index contributed by atoms with van der Waals surface area (Å²) in [6.07, 6.45) is 0.245. The Bertz CT molecular complexity index is 1820. The molecule has 0 bridgehead atoms. The standard InChI is InChI=1S/C46H52N4O8/c1-57-45(55)31-49-39(25-35-19-11-5-12-20-35)29-41(51)48-38(24-34-17-9-4-10-18-34)28-44(54)50(32-46(56)58-2)40(26-36-21-13-6-14-22-36)30-42(52)47-37(27-43(49)53)23-33-15-7-3-8-16-33/h3-22,37-40H,23-32H2,1-2H3,(H,47,52)(H,48,51)/t37-,38?,39-,40-/m0/s1. The van der Waals surface area contributed by atoms with Crippen LogP contribution in [0.25, 0.3) is 0 Å². The first-order chi connectivity index (χ1) is 28.1. The van der Waals surface area contributed by atoms with Crippen molar-refractivity contribution in [1.29, 1.82) is 0 Å². The zero-order valence-electron chi connectivity index (χ0n) is 33.1. The van der Waals surface area contributed by atoms with Crippen molar-refractivity contribution in [2.75, 3.05) is 27.3 Å². The second kappa shape index (κ2) is 21.9. The first kappa shape index (κ1) is 42.8. The molecule has 0 aliphatic carbocycles. The molecule has 58 heavy (non-hydrogen) atoms. The van der Waals surface area contributed by atoms with Gasteiger partial charge in [-0.1, -0.05) is 121 Å². The van der Waals surface area contributed by atoms with Gasteiger partial charge in [-0.25, -0.2) is 0 Å². The third-order valence-electron chi connectivity index (χ3n) is 10.3. The van der Waals surface area contributed by atoms with Crippen molar-refractivity contribution >= 4 is 35.6 Å². The van der Waals surface area contributed by atoms with Crippen LogP contribution in [0, 0.1) is 0 Å². The molecule has 1 heterocycles. The number of carbonyl (C=O) groups is 6. The summed E-state index contributed by atoms with van der Waals surface area (Å²) in [6.45, 7) is -0.834. The lowest BCUT2D eigenvalue weighted by atomic mass is 9.96. The van der Waals surface area contributed by atoms with Gasteiger partial charge >= 0.3 is 11.9 Å². The van der Waals surface area contributed by atoms with Crippen LogP contribution in [-0.4, -0.2) is 96.8 Å². The van der Waals surface area contributed by atoms with Crippen molar-refractivity contribution in [2.45, 2.75) is 75.5 Å². The molecule has 0 saturated carbocycles. The van der Waals surface area contributed by atoms with E-state index < -0.39 is 72.8 Å². The summed E-state index contributed by atoms with van der Waals surface area (Å²) in [5.41, 5.74) is 3.40. The highest BCUT2D eigenvalue weighted by Crippen LogP contribution is 2.21. The van der Waals surface area contributed by atoms with Gasteiger partial charge in [-0.2, -0.15) is 0 Å². The Hall–Kier alpha value is -6.30. The van der Waals surface area contributed by atoms with Crippen LogP contribution in [-0.2, 0) is 63.9 Å². The number of carbonyl (C=O) groups excluding carboxylic acids is 6. The third-order valence-corrected chi connectivity index (χ3v) is 10.3. The van der Waals surface area contributed by atoms with E-state index in [0.29, 0.717) is 0 Å². The van der Waals surface area contributed by atoms with Crippen LogP contribution in [0.2, 0.25) is 0 Å². The number of hydrogen-bond acceptors (Lipinski definition) is 8. The summed E-state index contributed by atoms with van der Waals surface area (Å²) in [4.78, 5) is 86.2. The van der Waals surface area contributed by atoms with E-state index in [2.05, 4.69) is 10.6 Å². The Morgan fingerprint density at radius 1 is 0.483 bits per heavy atom. The SMILES string of the molecule is COC(=O)CN1C(=O)C[C@H](Cc2ccccc2)NC(=O)C[C@H](Cc2ccccc2)N(CC(=O)OC)C(=O)CC(Cc2ccccc2)NC(=O)C[C@@H]1Cc1ccccc1. The Kier molecular flexibility index (Phi) is 16.1. The Labute approximate surface area is 339 Å². The van der Waals surface area contributed by atoms with Crippen LogP contribution in [0.5, 0.6) is 0 Å². The fraction of sp³-hybridized carbons (Fsp3) is 0.348. The van der Waals surface area contributed by atoms with E-state index >= 15 is 0 Å². The summed E-state index contributed by atoms with van der Waals surface area (Å²) in [6, 6.07) is 34.4. The molecule has 4 atom stereocenters. The summed E-state index contributed by atoms with van der Waals surface area (Å²) in [5.74, 6) is -3.08. The van der Waals surface area contributed by atoms with E-state index in [1.165, 1.54) is 24.0 Å². The lowest BCUT2D eigenvalue weighted by Gasteiger charge is -2.35. The maximum atomic E-state index is 14.6. The first-order valence-corrected chi connectivity index (χ1v) is 19.6. The molecule has 1 aliphatic rings. The van der Waals surface area contributed by atoms with E-state index in [1.54, 1.807) is 0 Å². The lowest BCUT2D eigenvalue weighted by Crippen LogP contribution is -2.53. The summed E-state index contributed by atoms with van der Waals surface area (Å²) in [5, 5.41) is 6.13. The van der Waals surface area contributed by atoms with Gasteiger partial charge in [0, 0.05) is 49.9 Å². The molecular formula is C46H52N4O8. The predicted octanol–water partition coefficient (Wildman–Crippen LogP) is 4.24. The van der Waals surface area contributed by atoms with Crippen LogP contribution in [0.15, 0.2) is 121 Å². The normalized spacial score (nSPS) is 19.8. The summed E-state index contributed by atoms with van der Waals surface area (Å²) >= 11 is 0. The number of amides is 4. The largest absolute Gasteiger partial charge is 0.468 e. The van der Waals surface area contributed by atoms with Gasteiger partial charge in [0.15, 0.2) is 0 Å². The molecule has 5 rings (SSSR count). The Morgan fingerprint density at radius 2 is 0.776 bits per heavy atom. The van der Waals surface area contributed by atoms with Gasteiger partial charge in [0.1, 0.15) is 13.1 Å². The second-order valence-corrected chi connectivity index (χ2v) is 14.6. The zero-order chi connectivity index (χ0) is 41.3. The minimum Gasteiger partial charge on any atom is -0.468 e. The minimum absolute atomic E-state index is 0.199. The molecule has 1 saturated heterocycles. The van der Waals surface area contributed by atoms with Gasteiger partial charge in [0.2, 0.25) is 23.6 Å². The molecule has 4 aromatic rings. The van der Waals surface area contributed by atoms with E-state index in [9.17, 15) is 28.8 Å². The molecule has 1 fully saturated rings. The number of rotatable bonds is 12.